The zero-order valence-corrected chi connectivity index (χ0v) is 18.2. The van der Waals surface area contributed by atoms with Crippen LogP contribution < -0.4 is 19.7 Å². The fraction of sp³-hybridized carbons (Fsp3) is 0.318. The second-order valence-electron chi connectivity index (χ2n) is 7.06. The number of benzene rings is 2. The summed E-state index contributed by atoms with van der Waals surface area (Å²) in [6.07, 6.45) is -0.0107. The molecule has 1 heterocycles. The maximum atomic E-state index is 12.5. The van der Waals surface area contributed by atoms with E-state index >= 15 is 0 Å². The van der Waals surface area contributed by atoms with Gasteiger partial charge in [0.05, 0.1) is 25.8 Å². The van der Waals surface area contributed by atoms with E-state index in [2.05, 4.69) is 5.32 Å². The van der Waals surface area contributed by atoms with Gasteiger partial charge in [0.25, 0.3) is 5.91 Å². The van der Waals surface area contributed by atoms with Gasteiger partial charge in [0.1, 0.15) is 11.5 Å². The highest BCUT2D eigenvalue weighted by molar-refractivity contribution is 6.31. The van der Waals surface area contributed by atoms with Gasteiger partial charge in [-0.15, -0.1) is 0 Å². The van der Waals surface area contributed by atoms with Crippen molar-refractivity contribution in [1.82, 2.24) is 0 Å². The maximum absolute atomic E-state index is 12.5. The molecule has 2 amide bonds. The number of hydrogen-bond acceptors (Lipinski definition) is 6. The zero-order valence-electron chi connectivity index (χ0n) is 17.4. The molecule has 0 unspecified atom stereocenters. The van der Waals surface area contributed by atoms with E-state index in [1.165, 1.54) is 19.1 Å². The van der Waals surface area contributed by atoms with Gasteiger partial charge in [-0.2, -0.15) is 0 Å². The summed E-state index contributed by atoms with van der Waals surface area (Å²) in [6, 6.07) is 10.2. The minimum atomic E-state index is -0.680. The Morgan fingerprint density at radius 3 is 2.61 bits per heavy atom. The van der Waals surface area contributed by atoms with Crippen LogP contribution in [0, 0.1) is 12.8 Å². The highest BCUT2D eigenvalue weighted by Gasteiger charge is 2.37. The number of carbonyl (C=O) groups is 3. The summed E-state index contributed by atoms with van der Waals surface area (Å²) in [6.45, 7) is 1.53. The summed E-state index contributed by atoms with van der Waals surface area (Å²) in [5, 5.41) is 3.14. The van der Waals surface area contributed by atoms with Crippen LogP contribution in [0.4, 0.5) is 11.4 Å². The number of halogens is 1. The first kappa shape index (κ1) is 22.4. The fourth-order valence-electron chi connectivity index (χ4n) is 3.23. The van der Waals surface area contributed by atoms with Gasteiger partial charge >= 0.3 is 5.97 Å². The second kappa shape index (κ2) is 9.70. The van der Waals surface area contributed by atoms with Gasteiger partial charge in [-0.05, 0) is 36.8 Å². The molecule has 1 saturated heterocycles. The molecule has 0 aromatic heterocycles. The number of carbonyl (C=O) groups excluding carboxylic acids is 3. The molecule has 1 atom stereocenters. The van der Waals surface area contributed by atoms with Crippen molar-refractivity contribution in [2.45, 2.75) is 13.3 Å². The molecule has 1 aliphatic rings. The highest BCUT2D eigenvalue weighted by atomic mass is 35.5. The predicted octanol–water partition coefficient (Wildman–Crippen LogP) is 3.20. The van der Waals surface area contributed by atoms with Crippen LogP contribution in [0.15, 0.2) is 36.4 Å². The van der Waals surface area contributed by atoms with E-state index in [0.717, 1.165) is 5.56 Å². The largest absolute Gasteiger partial charge is 0.497 e. The number of rotatable bonds is 7. The molecule has 1 aliphatic heterocycles. The molecule has 2 aromatic rings. The van der Waals surface area contributed by atoms with Crippen molar-refractivity contribution in [2.75, 3.05) is 37.6 Å². The van der Waals surface area contributed by atoms with Gasteiger partial charge in [-0.3, -0.25) is 14.4 Å². The first-order valence-corrected chi connectivity index (χ1v) is 9.95. The van der Waals surface area contributed by atoms with Crippen molar-refractivity contribution in [3.8, 4) is 11.5 Å². The van der Waals surface area contributed by atoms with Gasteiger partial charge in [0.2, 0.25) is 5.91 Å². The van der Waals surface area contributed by atoms with Crippen LogP contribution in [-0.2, 0) is 19.1 Å². The van der Waals surface area contributed by atoms with Crippen LogP contribution in [0.5, 0.6) is 11.5 Å². The van der Waals surface area contributed by atoms with E-state index < -0.39 is 24.4 Å². The van der Waals surface area contributed by atoms with Gasteiger partial charge < -0.3 is 24.4 Å². The summed E-state index contributed by atoms with van der Waals surface area (Å²) >= 11 is 6.04. The van der Waals surface area contributed by atoms with Crippen LogP contribution in [-0.4, -0.2) is 45.2 Å². The van der Waals surface area contributed by atoms with Crippen molar-refractivity contribution in [1.29, 1.82) is 0 Å². The third-order valence-electron chi connectivity index (χ3n) is 4.94. The van der Waals surface area contributed by atoms with Crippen LogP contribution in [0.3, 0.4) is 0 Å². The molecule has 8 nitrogen and oxygen atoms in total. The van der Waals surface area contributed by atoms with Crippen LogP contribution in [0.25, 0.3) is 0 Å². The molecular weight excluding hydrogens is 424 g/mol. The molecule has 1 N–H and O–H groups in total. The Morgan fingerprint density at radius 2 is 1.94 bits per heavy atom. The van der Waals surface area contributed by atoms with Crippen molar-refractivity contribution in [2.24, 2.45) is 5.92 Å². The number of nitrogens with one attached hydrogen (secondary N) is 1. The Morgan fingerprint density at radius 1 is 1.16 bits per heavy atom. The summed E-state index contributed by atoms with van der Waals surface area (Å²) < 4.78 is 15.6. The average Bonchev–Trinajstić information content (AvgIpc) is 3.15. The Balaban J connectivity index is 1.58. The van der Waals surface area contributed by atoms with E-state index in [-0.39, 0.29) is 18.9 Å². The van der Waals surface area contributed by atoms with Crippen LogP contribution >= 0.6 is 11.6 Å². The summed E-state index contributed by atoms with van der Waals surface area (Å²) in [5.74, 6) is -0.973. The molecule has 3 rings (SSSR count). The van der Waals surface area contributed by atoms with E-state index in [1.807, 2.05) is 6.92 Å². The minimum absolute atomic E-state index is 0.0107. The number of aryl methyl sites for hydroxylation is 1. The lowest BCUT2D eigenvalue weighted by Crippen LogP contribution is -2.28. The summed E-state index contributed by atoms with van der Waals surface area (Å²) in [4.78, 5) is 38.5. The molecule has 0 bridgehead atoms. The first-order valence-electron chi connectivity index (χ1n) is 9.57. The Hall–Kier alpha value is -3.26. The molecule has 0 radical (unpaired) electrons. The molecule has 9 heteroatoms. The lowest BCUT2D eigenvalue weighted by molar-refractivity contribution is -0.151. The van der Waals surface area contributed by atoms with Crippen LogP contribution in [0.1, 0.15) is 12.0 Å². The van der Waals surface area contributed by atoms with Gasteiger partial charge in [-0.25, -0.2) is 0 Å². The molecule has 1 fully saturated rings. The fourth-order valence-corrected chi connectivity index (χ4v) is 3.41. The zero-order chi connectivity index (χ0) is 22.5. The summed E-state index contributed by atoms with van der Waals surface area (Å²) in [7, 11) is 3.02. The second-order valence-corrected chi connectivity index (χ2v) is 7.47. The van der Waals surface area contributed by atoms with Gasteiger partial charge in [0, 0.05) is 29.7 Å². The average molecular weight is 447 g/mol. The normalized spacial score (nSPS) is 15.5. The molecule has 2 aromatic carbocycles. The topological polar surface area (TPSA) is 94.2 Å². The number of ether oxygens (including phenoxy) is 3. The first-order chi connectivity index (χ1) is 14.8. The molecule has 0 saturated carbocycles. The lowest BCUT2D eigenvalue weighted by Gasteiger charge is -2.20. The molecule has 31 heavy (non-hydrogen) atoms. The van der Waals surface area contributed by atoms with E-state index in [4.69, 9.17) is 25.8 Å². The quantitative estimate of drug-likeness (QED) is 0.656. The van der Waals surface area contributed by atoms with Gasteiger partial charge in [-0.1, -0.05) is 17.7 Å². The number of esters is 1. The smallest absolute Gasteiger partial charge is 0.311 e. The van der Waals surface area contributed by atoms with Crippen LogP contribution in [0.2, 0.25) is 5.02 Å². The van der Waals surface area contributed by atoms with Gasteiger partial charge in [0.15, 0.2) is 6.61 Å². The maximum Gasteiger partial charge on any atom is 0.311 e. The lowest BCUT2D eigenvalue weighted by atomic mass is 10.1. The van der Waals surface area contributed by atoms with Crippen molar-refractivity contribution < 1.29 is 28.6 Å². The van der Waals surface area contributed by atoms with Crippen molar-refractivity contribution in [3.63, 3.8) is 0 Å². The third kappa shape index (κ3) is 5.27. The Kier molecular flexibility index (Phi) is 7.02. The molecule has 0 aliphatic carbocycles. The Labute approximate surface area is 185 Å². The molecular formula is C22H23ClN2O6. The van der Waals surface area contributed by atoms with E-state index in [9.17, 15) is 14.4 Å². The SMILES string of the molecule is COc1ccc(N2C[C@@H](C(=O)OCC(=O)Nc3ccc(C)c(Cl)c3)CC2=O)c(OC)c1. The van der Waals surface area contributed by atoms with Crippen molar-refractivity contribution in [3.05, 3.63) is 47.0 Å². The molecule has 0 spiro atoms. The number of hydrogen-bond donors (Lipinski definition) is 1. The number of methoxy groups -OCH3 is 2. The minimum Gasteiger partial charge on any atom is -0.497 e. The Bertz CT molecular complexity index is 1010. The van der Waals surface area contributed by atoms with E-state index in [0.29, 0.717) is 27.9 Å². The number of nitrogens with zero attached hydrogens (tertiary/aromatic N) is 1. The van der Waals surface area contributed by atoms with E-state index in [1.54, 1.807) is 36.4 Å². The molecule has 164 valence electrons. The van der Waals surface area contributed by atoms with Crippen molar-refractivity contribution >= 4 is 40.8 Å². The predicted molar refractivity (Wildman–Crippen MR) is 116 cm³/mol. The monoisotopic (exact) mass is 446 g/mol. The third-order valence-corrected chi connectivity index (χ3v) is 5.34. The highest BCUT2D eigenvalue weighted by Crippen LogP contribution is 2.36. The standard InChI is InChI=1S/C22H23ClN2O6/c1-13-4-5-15(9-17(13)23)24-20(26)12-31-22(28)14-8-21(27)25(11-14)18-7-6-16(29-2)10-19(18)30-3/h4-7,9-10,14H,8,11-12H2,1-3H3,(H,24,26)/t14-/m0/s1. The number of amides is 2. The number of anilines is 2. The summed E-state index contributed by atoms with van der Waals surface area (Å²) in [5.41, 5.74) is 1.93.